The summed E-state index contributed by atoms with van der Waals surface area (Å²) >= 11 is 1.64. The zero-order valence-electron chi connectivity index (χ0n) is 22.9. The van der Waals surface area contributed by atoms with Gasteiger partial charge in [-0.15, -0.1) is 24.9 Å². The van der Waals surface area contributed by atoms with E-state index in [1.165, 1.54) is 0 Å². The van der Waals surface area contributed by atoms with Gasteiger partial charge in [-0.2, -0.15) is 0 Å². The molecule has 3 saturated heterocycles. The minimum absolute atomic E-state index is 0.0496. The topological polar surface area (TPSA) is 81.2 Å². The van der Waals surface area contributed by atoms with Crippen LogP contribution in [0.3, 0.4) is 0 Å². The van der Waals surface area contributed by atoms with Crippen molar-refractivity contribution in [2.24, 2.45) is 11.8 Å². The minimum atomic E-state index is -0.769. The number of carbonyl (C=O) groups is 3. The molecule has 3 heterocycles. The highest BCUT2D eigenvalue weighted by Crippen LogP contribution is 2.71. The van der Waals surface area contributed by atoms with Gasteiger partial charge >= 0.3 is 0 Å². The summed E-state index contributed by atoms with van der Waals surface area (Å²) in [5, 5.41) is 9.96. The number of likely N-dealkylation sites (tertiary alicyclic amines) is 1. The molecule has 2 bridgehead atoms. The molecule has 5 rings (SSSR count). The third kappa shape index (κ3) is 4.57. The Bertz CT molecular complexity index is 1290. The predicted molar refractivity (Wildman–Crippen MR) is 159 cm³/mol. The van der Waals surface area contributed by atoms with E-state index in [0.29, 0.717) is 26.1 Å². The second-order valence-electron chi connectivity index (χ2n) is 11.0. The lowest BCUT2D eigenvalue weighted by Gasteiger charge is -2.38. The number of rotatable bonds is 11. The van der Waals surface area contributed by atoms with Gasteiger partial charge in [-0.3, -0.25) is 14.4 Å². The van der Waals surface area contributed by atoms with Gasteiger partial charge in [0, 0.05) is 36.6 Å². The summed E-state index contributed by atoms with van der Waals surface area (Å²) in [7, 11) is 0. The van der Waals surface area contributed by atoms with Crippen LogP contribution in [-0.4, -0.2) is 74.4 Å². The van der Waals surface area contributed by atoms with Crippen LogP contribution in [0, 0.1) is 11.8 Å². The van der Waals surface area contributed by atoms with E-state index in [1.54, 1.807) is 38.6 Å². The molecule has 3 aliphatic rings. The largest absolute Gasteiger partial charge is 0.395 e. The van der Waals surface area contributed by atoms with Crippen LogP contribution in [0.25, 0.3) is 0 Å². The number of aliphatic hydroxyl groups is 1. The number of anilines is 1. The summed E-state index contributed by atoms with van der Waals surface area (Å²) in [5.41, 5.74) is 1.74. The molecular weight excluding hydrogens is 522 g/mol. The number of hydrogen-bond donors (Lipinski definition) is 1. The summed E-state index contributed by atoms with van der Waals surface area (Å²) in [5.74, 6) is -1.75. The molecule has 3 aliphatic heterocycles. The van der Waals surface area contributed by atoms with Crippen LogP contribution in [0.15, 0.2) is 86.0 Å². The third-order valence-corrected chi connectivity index (χ3v) is 10.6. The summed E-state index contributed by atoms with van der Waals surface area (Å²) in [6.45, 7) is 10.6. The maximum atomic E-state index is 14.4. The van der Waals surface area contributed by atoms with Crippen LogP contribution < -0.4 is 4.90 Å². The monoisotopic (exact) mass is 559 g/mol. The maximum Gasteiger partial charge on any atom is 0.247 e. The van der Waals surface area contributed by atoms with Gasteiger partial charge in [0.1, 0.15) is 6.04 Å². The zero-order valence-corrected chi connectivity index (χ0v) is 23.8. The number of nitrogens with zero attached hydrogens (tertiary/aromatic N) is 3. The Labute approximate surface area is 240 Å². The molecule has 0 aromatic heterocycles. The number of β-amino-alcohol motifs (C(OH)–C–C–N with tert-alkyl or cyclic N) is 1. The first kappa shape index (κ1) is 28.2. The Balaban J connectivity index is 1.54. The van der Waals surface area contributed by atoms with Crippen molar-refractivity contribution >= 4 is 35.2 Å². The van der Waals surface area contributed by atoms with Crippen molar-refractivity contribution in [3.05, 3.63) is 91.5 Å². The van der Waals surface area contributed by atoms with Crippen LogP contribution in [0.1, 0.15) is 25.3 Å². The number of benzene rings is 2. The van der Waals surface area contributed by atoms with Gasteiger partial charge in [0.25, 0.3) is 0 Å². The SMILES string of the molecule is C=CCN(Cc1ccccc1)C(=O)C1N(CCO)C(=O)[C@@H]2[C@@H](C(=O)N(CC=C)c3ccccc3)[C@@]3(C)CCC12S3. The smallest absolute Gasteiger partial charge is 0.247 e. The normalized spacial score (nSPS) is 28.3. The molecule has 1 N–H and O–H groups in total. The Kier molecular flexibility index (Phi) is 7.93. The Hall–Kier alpha value is -3.36. The fourth-order valence-electron chi connectivity index (χ4n) is 7.02. The molecule has 2 aromatic rings. The van der Waals surface area contributed by atoms with Crippen molar-refractivity contribution < 1.29 is 19.5 Å². The molecular formula is C32H37N3O4S. The maximum absolute atomic E-state index is 14.4. The van der Waals surface area contributed by atoms with Crippen molar-refractivity contribution in [2.75, 3.05) is 31.1 Å². The van der Waals surface area contributed by atoms with Crippen molar-refractivity contribution in [3.63, 3.8) is 0 Å². The molecule has 40 heavy (non-hydrogen) atoms. The molecule has 0 aliphatic carbocycles. The third-order valence-electron chi connectivity index (χ3n) is 8.64. The van der Waals surface area contributed by atoms with Gasteiger partial charge in [0.2, 0.25) is 17.7 Å². The highest BCUT2D eigenvalue weighted by atomic mass is 32.2. The van der Waals surface area contributed by atoms with Crippen molar-refractivity contribution in [1.29, 1.82) is 0 Å². The summed E-state index contributed by atoms with van der Waals surface area (Å²) in [6.07, 6.45) is 4.78. The molecule has 3 fully saturated rings. The van der Waals surface area contributed by atoms with Crippen molar-refractivity contribution in [1.82, 2.24) is 9.80 Å². The Morgan fingerprint density at radius 2 is 1.68 bits per heavy atom. The van der Waals surface area contributed by atoms with Gasteiger partial charge < -0.3 is 19.8 Å². The first-order chi connectivity index (χ1) is 19.3. The van der Waals surface area contributed by atoms with Crippen LogP contribution >= 0.6 is 11.8 Å². The van der Waals surface area contributed by atoms with Gasteiger partial charge in [-0.25, -0.2) is 0 Å². The molecule has 8 heteroatoms. The lowest BCUT2D eigenvalue weighted by atomic mass is 9.66. The van der Waals surface area contributed by atoms with E-state index in [1.807, 2.05) is 60.7 Å². The molecule has 0 saturated carbocycles. The molecule has 5 atom stereocenters. The van der Waals surface area contributed by atoms with Crippen LogP contribution in [-0.2, 0) is 20.9 Å². The number of fused-ring (bicyclic) bond motifs is 1. The van der Waals surface area contributed by atoms with E-state index in [-0.39, 0.29) is 30.9 Å². The highest BCUT2D eigenvalue weighted by molar-refractivity contribution is 8.02. The number of carbonyl (C=O) groups excluding carboxylic acids is 3. The van der Waals surface area contributed by atoms with Crippen LogP contribution in [0.4, 0.5) is 5.69 Å². The number of aliphatic hydroxyl groups excluding tert-OH is 1. The van der Waals surface area contributed by atoms with Gasteiger partial charge in [0.15, 0.2) is 0 Å². The van der Waals surface area contributed by atoms with E-state index < -0.39 is 27.4 Å². The quantitative estimate of drug-likeness (QED) is 0.423. The summed E-state index contributed by atoms with van der Waals surface area (Å²) < 4.78 is -1.23. The molecule has 210 valence electrons. The second-order valence-corrected chi connectivity index (χ2v) is 12.9. The summed E-state index contributed by atoms with van der Waals surface area (Å²) in [4.78, 5) is 48.0. The predicted octanol–water partition coefficient (Wildman–Crippen LogP) is 3.89. The second kappa shape index (κ2) is 11.3. The van der Waals surface area contributed by atoms with E-state index in [4.69, 9.17) is 0 Å². The molecule has 1 spiro atoms. The zero-order chi connectivity index (χ0) is 28.5. The molecule has 2 aromatic carbocycles. The van der Waals surface area contributed by atoms with E-state index in [0.717, 1.165) is 17.7 Å². The fourth-order valence-corrected chi connectivity index (χ4v) is 9.37. The highest BCUT2D eigenvalue weighted by Gasteiger charge is 2.77. The molecule has 2 unspecified atom stereocenters. The fraction of sp³-hybridized carbons (Fsp3) is 0.406. The number of para-hydroxylation sites is 1. The lowest BCUT2D eigenvalue weighted by molar-refractivity contribution is -0.143. The molecule has 7 nitrogen and oxygen atoms in total. The first-order valence-corrected chi connectivity index (χ1v) is 14.7. The van der Waals surface area contributed by atoms with E-state index in [9.17, 15) is 19.5 Å². The van der Waals surface area contributed by atoms with Crippen molar-refractivity contribution in [2.45, 2.75) is 41.8 Å². The summed E-state index contributed by atoms with van der Waals surface area (Å²) in [6, 6.07) is 18.4. The number of hydrogen-bond acceptors (Lipinski definition) is 5. The van der Waals surface area contributed by atoms with Crippen molar-refractivity contribution in [3.8, 4) is 0 Å². The van der Waals surface area contributed by atoms with Gasteiger partial charge in [0.05, 0.1) is 23.2 Å². The minimum Gasteiger partial charge on any atom is -0.395 e. The average molecular weight is 560 g/mol. The number of amides is 3. The van der Waals surface area contributed by atoms with Crippen LogP contribution in [0.2, 0.25) is 0 Å². The van der Waals surface area contributed by atoms with E-state index in [2.05, 4.69) is 20.1 Å². The van der Waals surface area contributed by atoms with Gasteiger partial charge in [-0.1, -0.05) is 60.7 Å². The molecule has 0 radical (unpaired) electrons. The molecule has 3 amide bonds. The number of thioether (sulfide) groups is 1. The Morgan fingerprint density at radius 1 is 1.02 bits per heavy atom. The van der Waals surface area contributed by atoms with E-state index >= 15 is 0 Å². The van der Waals surface area contributed by atoms with Gasteiger partial charge in [-0.05, 0) is 37.5 Å². The lowest BCUT2D eigenvalue weighted by Crippen LogP contribution is -2.55. The average Bonchev–Trinajstić information content (AvgIpc) is 3.53. The Morgan fingerprint density at radius 3 is 2.30 bits per heavy atom. The standard InChI is InChI=1S/C32H37N3O4S/c1-4-18-33(22-23-12-8-6-9-13-23)30(39)27-32-17-16-31(3,40-32)25(26(32)29(38)35(27)20-21-36)28(37)34(19-5-2)24-14-10-7-11-15-24/h4-15,25-27,36H,1-2,16-22H2,3H3/t25-,26-,27?,31+,32?/m0/s1. The van der Waals surface area contributed by atoms with Crippen LogP contribution in [0.5, 0.6) is 0 Å². The first-order valence-electron chi connectivity index (χ1n) is 13.8.